The summed E-state index contributed by atoms with van der Waals surface area (Å²) in [5.41, 5.74) is 1.60. The van der Waals surface area contributed by atoms with Crippen molar-refractivity contribution in [2.75, 3.05) is 19.6 Å². The second kappa shape index (κ2) is 6.92. The minimum absolute atomic E-state index is 0.0454. The van der Waals surface area contributed by atoms with Gasteiger partial charge < -0.3 is 14.9 Å². The summed E-state index contributed by atoms with van der Waals surface area (Å²) in [6.07, 6.45) is 0.0468. The van der Waals surface area contributed by atoms with E-state index in [0.717, 1.165) is 5.56 Å². The van der Waals surface area contributed by atoms with E-state index in [1.54, 1.807) is 22.8 Å². The molecule has 2 saturated heterocycles. The van der Waals surface area contributed by atoms with Gasteiger partial charge in [0.15, 0.2) is 0 Å². The SMILES string of the molecule is CC(=O)N1C[C@H]2CN(C(=O)Cc3c(C)[nH][nH]c3=O)C[C@H]2[C@H]1c1cccc(F)c1. The van der Waals surface area contributed by atoms with Crippen LogP contribution in [0.25, 0.3) is 0 Å². The summed E-state index contributed by atoms with van der Waals surface area (Å²) in [7, 11) is 0. The minimum atomic E-state index is -0.336. The highest BCUT2D eigenvalue weighted by Crippen LogP contribution is 2.45. The predicted octanol–water partition coefficient (Wildman–Crippen LogP) is 1.37. The molecular formula is C20H23FN4O3. The van der Waals surface area contributed by atoms with Crippen molar-refractivity contribution in [1.82, 2.24) is 20.0 Å². The first-order valence-electron chi connectivity index (χ1n) is 9.41. The Bertz CT molecular complexity index is 982. The Balaban J connectivity index is 1.55. The first-order valence-corrected chi connectivity index (χ1v) is 9.41. The number of nitrogens with one attached hydrogen (secondary N) is 2. The lowest BCUT2D eigenvalue weighted by Crippen LogP contribution is -2.37. The minimum Gasteiger partial charge on any atom is -0.342 e. The van der Waals surface area contributed by atoms with Crippen LogP contribution >= 0.6 is 0 Å². The van der Waals surface area contributed by atoms with Crippen molar-refractivity contribution in [3.63, 3.8) is 0 Å². The summed E-state index contributed by atoms with van der Waals surface area (Å²) in [6, 6.07) is 6.09. The second-order valence-corrected chi connectivity index (χ2v) is 7.75. The van der Waals surface area contributed by atoms with E-state index in [0.29, 0.717) is 30.9 Å². The Morgan fingerprint density at radius 1 is 1.21 bits per heavy atom. The molecular weight excluding hydrogens is 363 g/mol. The number of benzene rings is 1. The van der Waals surface area contributed by atoms with Crippen LogP contribution in [0.2, 0.25) is 0 Å². The van der Waals surface area contributed by atoms with Crippen LogP contribution in [0.5, 0.6) is 0 Å². The number of aromatic amines is 2. The van der Waals surface area contributed by atoms with E-state index in [9.17, 15) is 18.8 Å². The van der Waals surface area contributed by atoms with Gasteiger partial charge >= 0.3 is 0 Å². The van der Waals surface area contributed by atoms with Gasteiger partial charge in [0.25, 0.3) is 5.56 Å². The maximum absolute atomic E-state index is 13.8. The number of carbonyl (C=O) groups is 2. The van der Waals surface area contributed by atoms with Gasteiger partial charge in [0, 0.05) is 49.7 Å². The van der Waals surface area contributed by atoms with Crippen LogP contribution in [0.3, 0.4) is 0 Å². The van der Waals surface area contributed by atoms with Crippen molar-refractivity contribution < 1.29 is 14.0 Å². The summed E-state index contributed by atoms with van der Waals surface area (Å²) in [6.45, 7) is 4.87. The fourth-order valence-electron chi connectivity index (χ4n) is 4.64. The number of halogens is 1. The molecule has 0 aliphatic carbocycles. The van der Waals surface area contributed by atoms with E-state index < -0.39 is 0 Å². The molecule has 4 rings (SSSR count). The van der Waals surface area contributed by atoms with E-state index in [1.807, 2.05) is 6.07 Å². The molecule has 148 valence electrons. The van der Waals surface area contributed by atoms with E-state index >= 15 is 0 Å². The summed E-state index contributed by atoms with van der Waals surface area (Å²) >= 11 is 0. The van der Waals surface area contributed by atoms with Gasteiger partial charge in [-0.1, -0.05) is 12.1 Å². The third-order valence-electron chi connectivity index (χ3n) is 6.03. The van der Waals surface area contributed by atoms with Crippen molar-refractivity contribution in [1.29, 1.82) is 0 Å². The molecule has 2 aliphatic heterocycles. The standard InChI is InChI=1S/C20H23FN4O3/c1-11-16(20(28)23-22-11)7-18(27)24-8-14-9-25(12(2)26)19(17(14)10-24)13-4-3-5-15(21)6-13/h3-6,14,17,19H,7-10H2,1-2H3,(H2,22,23,28)/t14-,17-,19-/m1/s1. The zero-order valence-electron chi connectivity index (χ0n) is 15.9. The first kappa shape index (κ1) is 18.5. The number of aryl methyl sites for hydroxylation is 1. The lowest BCUT2D eigenvalue weighted by molar-refractivity contribution is -0.131. The van der Waals surface area contributed by atoms with Gasteiger partial charge in [-0.3, -0.25) is 19.5 Å². The second-order valence-electron chi connectivity index (χ2n) is 7.75. The van der Waals surface area contributed by atoms with Gasteiger partial charge in [-0.05, 0) is 24.6 Å². The van der Waals surface area contributed by atoms with E-state index in [2.05, 4.69) is 10.2 Å². The Labute approximate surface area is 161 Å². The highest BCUT2D eigenvalue weighted by Gasteiger charge is 2.49. The number of fused-ring (bicyclic) bond motifs is 1. The van der Waals surface area contributed by atoms with Gasteiger partial charge in [-0.2, -0.15) is 0 Å². The molecule has 0 spiro atoms. The third-order valence-corrected chi connectivity index (χ3v) is 6.03. The zero-order chi connectivity index (χ0) is 20.0. The highest BCUT2D eigenvalue weighted by atomic mass is 19.1. The average Bonchev–Trinajstić information content (AvgIpc) is 3.29. The number of carbonyl (C=O) groups excluding carboxylic acids is 2. The number of nitrogens with zero attached hydrogens (tertiary/aromatic N) is 2. The van der Waals surface area contributed by atoms with Crippen LogP contribution in [-0.2, 0) is 16.0 Å². The number of hydrogen-bond acceptors (Lipinski definition) is 3. The van der Waals surface area contributed by atoms with E-state index in [1.165, 1.54) is 19.1 Å². The number of H-pyrrole nitrogens is 2. The summed E-state index contributed by atoms with van der Waals surface area (Å²) in [5.74, 6) is -0.282. The predicted molar refractivity (Wildman–Crippen MR) is 99.9 cm³/mol. The smallest absolute Gasteiger partial charge is 0.267 e. The molecule has 2 aliphatic rings. The molecule has 1 aromatic heterocycles. The first-order chi connectivity index (χ1) is 13.3. The zero-order valence-corrected chi connectivity index (χ0v) is 15.9. The molecule has 2 N–H and O–H groups in total. The lowest BCUT2D eigenvalue weighted by Gasteiger charge is -2.29. The Hall–Kier alpha value is -2.90. The van der Waals surface area contributed by atoms with Crippen LogP contribution in [0.15, 0.2) is 29.1 Å². The number of aromatic nitrogens is 2. The highest BCUT2D eigenvalue weighted by molar-refractivity contribution is 5.79. The van der Waals surface area contributed by atoms with Crippen molar-refractivity contribution in [3.8, 4) is 0 Å². The summed E-state index contributed by atoms with van der Waals surface area (Å²) in [5, 5.41) is 5.23. The molecule has 0 unspecified atom stereocenters. The molecule has 2 aromatic rings. The van der Waals surface area contributed by atoms with Gasteiger partial charge in [0.05, 0.1) is 12.5 Å². The average molecular weight is 386 g/mol. The van der Waals surface area contributed by atoms with Crippen molar-refractivity contribution in [2.45, 2.75) is 26.3 Å². The fourth-order valence-corrected chi connectivity index (χ4v) is 4.64. The molecule has 2 amide bonds. The van der Waals surface area contributed by atoms with Crippen LogP contribution < -0.4 is 5.56 Å². The van der Waals surface area contributed by atoms with Crippen LogP contribution in [0.4, 0.5) is 4.39 Å². The molecule has 0 radical (unpaired) electrons. The third kappa shape index (κ3) is 3.12. The van der Waals surface area contributed by atoms with Crippen LogP contribution in [-0.4, -0.2) is 51.4 Å². The summed E-state index contributed by atoms with van der Waals surface area (Å²) in [4.78, 5) is 40.3. The van der Waals surface area contributed by atoms with Crippen molar-refractivity contribution >= 4 is 11.8 Å². The molecule has 28 heavy (non-hydrogen) atoms. The van der Waals surface area contributed by atoms with Crippen LogP contribution in [0, 0.1) is 24.6 Å². The molecule has 0 bridgehead atoms. The Morgan fingerprint density at radius 3 is 2.64 bits per heavy atom. The lowest BCUT2D eigenvalue weighted by atomic mass is 9.89. The normalized spacial score (nSPS) is 23.9. The molecule has 1 aromatic carbocycles. The van der Waals surface area contributed by atoms with Crippen molar-refractivity contribution in [3.05, 3.63) is 57.3 Å². The van der Waals surface area contributed by atoms with Gasteiger partial charge in [0.2, 0.25) is 11.8 Å². The van der Waals surface area contributed by atoms with E-state index in [4.69, 9.17) is 0 Å². The van der Waals surface area contributed by atoms with Crippen molar-refractivity contribution in [2.24, 2.45) is 11.8 Å². The van der Waals surface area contributed by atoms with E-state index in [-0.39, 0.29) is 47.5 Å². The maximum atomic E-state index is 13.8. The molecule has 8 heteroatoms. The number of amides is 2. The number of hydrogen-bond donors (Lipinski definition) is 2. The monoisotopic (exact) mass is 386 g/mol. The quantitative estimate of drug-likeness (QED) is 0.835. The maximum Gasteiger partial charge on any atom is 0.267 e. The molecule has 7 nitrogen and oxygen atoms in total. The summed E-state index contributed by atoms with van der Waals surface area (Å²) < 4.78 is 13.8. The number of rotatable bonds is 3. The molecule has 3 heterocycles. The Kier molecular flexibility index (Phi) is 4.56. The van der Waals surface area contributed by atoms with Crippen LogP contribution in [0.1, 0.15) is 29.8 Å². The topological polar surface area (TPSA) is 89.3 Å². The molecule has 2 fully saturated rings. The molecule has 3 atom stereocenters. The van der Waals surface area contributed by atoms with Gasteiger partial charge in [-0.15, -0.1) is 0 Å². The Morgan fingerprint density at radius 2 is 2.00 bits per heavy atom. The largest absolute Gasteiger partial charge is 0.342 e. The molecule has 0 saturated carbocycles. The fraction of sp³-hybridized carbons (Fsp3) is 0.450. The number of likely N-dealkylation sites (tertiary alicyclic amines) is 2. The van der Waals surface area contributed by atoms with Gasteiger partial charge in [-0.25, -0.2) is 4.39 Å². The van der Waals surface area contributed by atoms with Gasteiger partial charge in [0.1, 0.15) is 5.82 Å².